The molecule has 1 heterocycles. The van der Waals surface area contributed by atoms with Crippen molar-refractivity contribution in [3.8, 4) is 0 Å². The lowest BCUT2D eigenvalue weighted by molar-refractivity contribution is -0.129. The Hall–Kier alpha value is -1.91. The molecule has 1 aliphatic heterocycles. The third-order valence-electron chi connectivity index (χ3n) is 2.87. The van der Waals surface area contributed by atoms with Gasteiger partial charge in [0.25, 0.3) is 0 Å². The third-order valence-corrected chi connectivity index (χ3v) is 3.61. The summed E-state index contributed by atoms with van der Waals surface area (Å²) in [5.74, 6) is -0.151. The first-order valence-corrected chi connectivity index (χ1v) is 7.33. The second kappa shape index (κ2) is 5.84. The van der Waals surface area contributed by atoms with Crippen LogP contribution in [-0.4, -0.2) is 11.9 Å². The summed E-state index contributed by atoms with van der Waals surface area (Å²) >= 11 is 9.21. The number of carbonyl (C=O) groups is 1. The average molecular weight is 363 g/mol. The van der Waals surface area contributed by atoms with Gasteiger partial charge in [-0.25, -0.2) is 9.79 Å². The molecule has 0 amide bonds. The van der Waals surface area contributed by atoms with Crippen molar-refractivity contribution in [3.63, 3.8) is 0 Å². The van der Waals surface area contributed by atoms with Crippen molar-refractivity contribution < 1.29 is 9.53 Å². The Morgan fingerprint density at radius 1 is 1.14 bits per heavy atom. The van der Waals surface area contributed by atoms with Crippen molar-refractivity contribution in [2.24, 2.45) is 4.99 Å². The zero-order valence-electron chi connectivity index (χ0n) is 10.7. The number of ether oxygens (including phenoxy) is 1. The molecule has 0 atom stereocenters. The molecule has 2 aromatic carbocycles. The van der Waals surface area contributed by atoms with Crippen LogP contribution in [0.15, 0.2) is 63.7 Å². The van der Waals surface area contributed by atoms with Gasteiger partial charge in [-0.15, -0.1) is 0 Å². The Morgan fingerprint density at radius 2 is 1.90 bits per heavy atom. The smallest absolute Gasteiger partial charge is 0.363 e. The summed E-state index contributed by atoms with van der Waals surface area (Å²) in [6.45, 7) is 0. The molecule has 0 saturated carbocycles. The minimum atomic E-state index is -0.458. The van der Waals surface area contributed by atoms with Crippen LogP contribution in [0.2, 0.25) is 5.02 Å². The molecule has 0 saturated heterocycles. The number of hydrogen-bond acceptors (Lipinski definition) is 3. The molecule has 104 valence electrons. The predicted molar refractivity (Wildman–Crippen MR) is 86.2 cm³/mol. The van der Waals surface area contributed by atoms with Gasteiger partial charge in [-0.1, -0.05) is 45.7 Å². The van der Waals surface area contributed by atoms with Crippen LogP contribution in [0.25, 0.3) is 6.08 Å². The van der Waals surface area contributed by atoms with Gasteiger partial charge >= 0.3 is 5.97 Å². The van der Waals surface area contributed by atoms with E-state index in [2.05, 4.69) is 20.9 Å². The van der Waals surface area contributed by atoms with E-state index >= 15 is 0 Å². The SMILES string of the molecule is O=C1OC(c2cccc(Br)c2)=N/C1=C/c1ccc(Cl)cc1. The Labute approximate surface area is 135 Å². The molecule has 5 heteroatoms. The Morgan fingerprint density at radius 3 is 2.62 bits per heavy atom. The fourth-order valence-corrected chi connectivity index (χ4v) is 2.40. The van der Waals surface area contributed by atoms with Crippen LogP contribution in [0.5, 0.6) is 0 Å². The first-order valence-electron chi connectivity index (χ1n) is 6.16. The van der Waals surface area contributed by atoms with Gasteiger partial charge < -0.3 is 4.74 Å². The number of aliphatic imine (C=N–C) groups is 1. The molecule has 0 aromatic heterocycles. The maximum absolute atomic E-state index is 11.9. The largest absolute Gasteiger partial charge is 0.402 e. The summed E-state index contributed by atoms with van der Waals surface area (Å²) in [5.41, 5.74) is 1.86. The van der Waals surface area contributed by atoms with Gasteiger partial charge in [0.2, 0.25) is 5.90 Å². The van der Waals surface area contributed by atoms with Crippen LogP contribution in [0.3, 0.4) is 0 Å². The topological polar surface area (TPSA) is 38.7 Å². The summed E-state index contributed by atoms with van der Waals surface area (Å²) in [6, 6.07) is 14.6. The number of halogens is 2. The molecule has 0 fully saturated rings. The fraction of sp³-hybridized carbons (Fsp3) is 0. The van der Waals surface area contributed by atoms with Crippen molar-refractivity contribution in [2.75, 3.05) is 0 Å². The quantitative estimate of drug-likeness (QED) is 0.585. The van der Waals surface area contributed by atoms with Crippen molar-refractivity contribution in [1.82, 2.24) is 0 Å². The molecule has 3 rings (SSSR count). The fourth-order valence-electron chi connectivity index (χ4n) is 1.87. The normalized spacial score (nSPS) is 16.0. The van der Waals surface area contributed by atoms with E-state index in [0.717, 1.165) is 15.6 Å². The number of hydrogen-bond donors (Lipinski definition) is 0. The first-order chi connectivity index (χ1) is 10.1. The Kier molecular flexibility index (Phi) is 3.90. The van der Waals surface area contributed by atoms with Gasteiger partial charge in [-0.05, 0) is 42.0 Å². The van der Waals surface area contributed by atoms with Gasteiger partial charge in [0.1, 0.15) is 0 Å². The molecule has 2 aromatic rings. The minimum Gasteiger partial charge on any atom is -0.402 e. The number of cyclic esters (lactones) is 1. The highest BCUT2D eigenvalue weighted by Crippen LogP contribution is 2.21. The van der Waals surface area contributed by atoms with Gasteiger partial charge in [0.05, 0.1) is 0 Å². The van der Waals surface area contributed by atoms with Crippen molar-refractivity contribution in [2.45, 2.75) is 0 Å². The van der Waals surface area contributed by atoms with Gasteiger partial charge in [0, 0.05) is 15.1 Å². The molecule has 1 aliphatic rings. The molecular formula is C16H9BrClNO2. The van der Waals surface area contributed by atoms with E-state index in [1.54, 1.807) is 18.2 Å². The molecule has 0 N–H and O–H groups in total. The van der Waals surface area contributed by atoms with Crippen molar-refractivity contribution in [3.05, 3.63) is 74.9 Å². The van der Waals surface area contributed by atoms with E-state index < -0.39 is 5.97 Å². The molecule has 0 spiro atoms. The van der Waals surface area contributed by atoms with E-state index in [9.17, 15) is 4.79 Å². The van der Waals surface area contributed by atoms with Crippen LogP contribution < -0.4 is 0 Å². The highest BCUT2D eigenvalue weighted by atomic mass is 79.9. The monoisotopic (exact) mass is 361 g/mol. The van der Waals surface area contributed by atoms with Crippen LogP contribution in [0.1, 0.15) is 11.1 Å². The van der Waals surface area contributed by atoms with E-state index in [1.807, 2.05) is 36.4 Å². The van der Waals surface area contributed by atoms with Gasteiger partial charge in [0.15, 0.2) is 5.70 Å². The van der Waals surface area contributed by atoms with Crippen molar-refractivity contribution in [1.29, 1.82) is 0 Å². The van der Waals surface area contributed by atoms with Crippen LogP contribution in [0, 0.1) is 0 Å². The summed E-state index contributed by atoms with van der Waals surface area (Å²) in [7, 11) is 0. The standard InChI is InChI=1S/C16H9BrClNO2/c17-12-3-1-2-11(9-12)15-19-14(16(20)21-15)8-10-4-6-13(18)7-5-10/h1-9H/b14-8+. The van der Waals surface area contributed by atoms with Crippen LogP contribution in [0.4, 0.5) is 0 Å². The van der Waals surface area contributed by atoms with E-state index in [-0.39, 0.29) is 5.70 Å². The number of carbonyl (C=O) groups excluding carboxylic acids is 1. The zero-order valence-corrected chi connectivity index (χ0v) is 13.1. The summed E-state index contributed by atoms with van der Waals surface area (Å²) in [4.78, 5) is 16.1. The summed E-state index contributed by atoms with van der Waals surface area (Å²) in [5, 5.41) is 0.643. The Balaban J connectivity index is 1.93. The van der Waals surface area contributed by atoms with Crippen LogP contribution >= 0.6 is 27.5 Å². The average Bonchev–Trinajstić information content (AvgIpc) is 2.83. The molecule has 0 aliphatic carbocycles. The zero-order chi connectivity index (χ0) is 14.8. The second-order valence-electron chi connectivity index (χ2n) is 4.40. The molecule has 0 radical (unpaired) electrons. The lowest BCUT2D eigenvalue weighted by atomic mass is 10.2. The molecule has 21 heavy (non-hydrogen) atoms. The number of nitrogens with zero attached hydrogens (tertiary/aromatic N) is 1. The summed E-state index contributed by atoms with van der Waals surface area (Å²) in [6.07, 6.45) is 1.67. The highest BCUT2D eigenvalue weighted by molar-refractivity contribution is 9.10. The first kappa shape index (κ1) is 14.0. The summed E-state index contributed by atoms with van der Waals surface area (Å²) < 4.78 is 6.10. The predicted octanol–water partition coefficient (Wildman–Crippen LogP) is 4.45. The lowest BCUT2D eigenvalue weighted by Crippen LogP contribution is -2.05. The van der Waals surface area contributed by atoms with Gasteiger partial charge in [-0.2, -0.15) is 0 Å². The molecule has 0 unspecified atom stereocenters. The molecule has 3 nitrogen and oxygen atoms in total. The lowest BCUT2D eigenvalue weighted by Gasteiger charge is -1.99. The van der Waals surface area contributed by atoms with E-state index in [0.29, 0.717) is 10.9 Å². The molecular weight excluding hydrogens is 354 g/mol. The van der Waals surface area contributed by atoms with Crippen LogP contribution in [-0.2, 0) is 9.53 Å². The number of esters is 1. The van der Waals surface area contributed by atoms with Gasteiger partial charge in [-0.3, -0.25) is 0 Å². The number of benzene rings is 2. The van der Waals surface area contributed by atoms with E-state index in [1.165, 1.54) is 0 Å². The molecule has 0 bridgehead atoms. The third kappa shape index (κ3) is 3.23. The second-order valence-corrected chi connectivity index (χ2v) is 5.75. The van der Waals surface area contributed by atoms with Crippen molar-refractivity contribution >= 4 is 45.5 Å². The van der Waals surface area contributed by atoms with E-state index in [4.69, 9.17) is 16.3 Å². The maximum Gasteiger partial charge on any atom is 0.363 e. The maximum atomic E-state index is 11.9. The minimum absolute atomic E-state index is 0.271. The Bertz CT molecular complexity index is 766. The number of rotatable bonds is 2. The highest BCUT2D eigenvalue weighted by Gasteiger charge is 2.24.